The predicted octanol–water partition coefficient (Wildman–Crippen LogP) is 3.18. The van der Waals surface area contributed by atoms with E-state index in [4.69, 9.17) is 9.40 Å². The lowest BCUT2D eigenvalue weighted by Crippen LogP contribution is -2.51. The Morgan fingerprint density at radius 1 is 1.00 bits per heavy atom. The first kappa shape index (κ1) is 21.8. The molecule has 172 valence electrons. The number of thioether (sulfide) groups is 1. The summed E-state index contributed by atoms with van der Waals surface area (Å²) in [5, 5.41) is 1.24. The SMILES string of the molecule is O=C(CSc1nc2ccccc2c(=O)n1C1CCCC1)N1CCN(C(=O)c2ccco2)CC1. The molecule has 1 aliphatic carbocycles. The van der Waals surface area contributed by atoms with E-state index in [0.29, 0.717) is 48.0 Å². The van der Waals surface area contributed by atoms with E-state index in [-0.39, 0.29) is 29.2 Å². The van der Waals surface area contributed by atoms with Crippen LogP contribution in [0.2, 0.25) is 0 Å². The van der Waals surface area contributed by atoms with E-state index in [1.807, 2.05) is 28.8 Å². The van der Waals surface area contributed by atoms with Crippen molar-refractivity contribution in [3.63, 3.8) is 0 Å². The van der Waals surface area contributed by atoms with Gasteiger partial charge in [-0.15, -0.1) is 0 Å². The fraction of sp³-hybridized carbons (Fsp3) is 0.417. The van der Waals surface area contributed by atoms with Gasteiger partial charge in [-0.3, -0.25) is 19.0 Å². The second-order valence-electron chi connectivity index (χ2n) is 8.46. The Morgan fingerprint density at radius 3 is 2.45 bits per heavy atom. The zero-order valence-corrected chi connectivity index (χ0v) is 19.1. The maximum absolute atomic E-state index is 13.2. The van der Waals surface area contributed by atoms with Gasteiger partial charge in [0, 0.05) is 32.2 Å². The van der Waals surface area contributed by atoms with Gasteiger partial charge in [-0.1, -0.05) is 36.7 Å². The lowest BCUT2D eigenvalue weighted by molar-refractivity contribution is -0.129. The van der Waals surface area contributed by atoms with Gasteiger partial charge in [0.1, 0.15) is 0 Å². The number of furan rings is 1. The van der Waals surface area contributed by atoms with E-state index >= 15 is 0 Å². The molecule has 0 unspecified atom stereocenters. The fourth-order valence-corrected chi connectivity index (χ4v) is 5.61. The maximum Gasteiger partial charge on any atom is 0.289 e. The molecule has 0 N–H and O–H groups in total. The van der Waals surface area contributed by atoms with Crippen LogP contribution in [0.5, 0.6) is 0 Å². The molecular weight excluding hydrogens is 440 g/mol. The van der Waals surface area contributed by atoms with Crippen LogP contribution >= 0.6 is 11.8 Å². The highest BCUT2D eigenvalue weighted by molar-refractivity contribution is 7.99. The third-order valence-electron chi connectivity index (χ3n) is 6.44. The van der Waals surface area contributed by atoms with Gasteiger partial charge in [0.05, 0.1) is 22.9 Å². The summed E-state index contributed by atoms with van der Waals surface area (Å²) in [6.45, 7) is 1.90. The van der Waals surface area contributed by atoms with E-state index in [1.165, 1.54) is 18.0 Å². The minimum absolute atomic E-state index is 0.00882. The monoisotopic (exact) mass is 466 g/mol. The lowest BCUT2D eigenvalue weighted by Gasteiger charge is -2.34. The molecule has 0 spiro atoms. The van der Waals surface area contributed by atoms with E-state index in [2.05, 4.69) is 0 Å². The summed E-state index contributed by atoms with van der Waals surface area (Å²) >= 11 is 1.33. The smallest absolute Gasteiger partial charge is 0.289 e. The molecule has 0 radical (unpaired) electrons. The summed E-state index contributed by atoms with van der Waals surface area (Å²) in [7, 11) is 0. The molecule has 1 saturated carbocycles. The van der Waals surface area contributed by atoms with Crippen LogP contribution in [0.3, 0.4) is 0 Å². The van der Waals surface area contributed by atoms with Crippen LogP contribution in [-0.2, 0) is 4.79 Å². The van der Waals surface area contributed by atoms with Crippen molar-refractivity contribution in [1.82, 2.24) is 19.4 Å². The van der Waals surface area contributed by atoms with Gasteiger partial charge in [-0.25, -0.2) is 4.98 Å². The molecular formula is C24H26N4O4S. The molecule has 9 heteroatoms. The summed E-state index contributed by atoms with van der Waals surface area (Å²) in [4.78, 5) is 46.8. The number of nitrogens with zero attached hydrogens (tertiary/aromatic N) is 4. The second-order valence-corrected chi connectivity index (χ2v) is 9.41. The number of aromatic nitrogens is 2. The van der Waals surface area contributed by atoms with Gasteiger partial charge in [-0.2, -0.15) is 0 Å². The number of carbonyl (C=O) groups is 2. The molecule has 8 nitrogen and oxygen atoms in total. The van der Waals surface area contributed by atoms with Crippen LogP contribution in [0.25, 0.3) is 10.9 Å². The largest absolute Gasteiger partial charge is 0.459 e. The summed E-state index contributed by atoms with van der Waals surface area (Å²) in [6.07, 6.45) is 5.62. The number of amides is 2. The van der Waals surface area contributed by atoms with Gasteiger partial charge in [0.15, 0.2) is 10.9 Å². The molecule has 3 heterocycles. The first-order valence-electron chi connectivity index (χ1n) is 11.4. The zero-order chi connectivity index (χ0) is 22.8. The zero-order valence-electron chi connectivity index (χ0n) is 18.3. The second kappa shape index (κ2) is 9.43. The molecule has 1 aliphatic heterocycles. The number of hydrogen-bond donors (Lipinski definition) is 0. The average Bonchev–Trinajstić information content (AvgIpc) is 3.57. The Hall–Kier alpha value is -3.07. The number of fused-ring (bicyclic) bond motifs is 1. The van der Waals surface area contributed by atoms with Crippen molar-refractivity contribution >= 4 is 34.5 Å². The maximum atomic E-state index is 13.2. The minimum Gasteiger partial charge on any atom is -0.459 e. The van der Waals surface area contributed by atoms with Crippen LogP contribution < -0.4 is 5.56 Å². The summed E-state index contributed by atoms with van der Waals surface area (Å²) in [5.74, 6) is 0.370. The molecule has 0 atom stereocenters. The Labute approximate surface area is 195 Å². The molecule has 0 bridgehead atoms. The third kappa shape index (κ3) is 4.42. The lowest BCUT2D eigenvalue weighted by atomic mass is 10.2. The molecule has 1 aromatic carbocycles. The summed E-state index contributed by atoms with van der Waals surface area (Å²) in [5.41, 5.74) is 0.643. The Bertz CT molecular complexity index is 1210. The normalized spacial score (nSPS) is 17.1. The Morgan fingerprint density at radius 2 is 1.73 bits per heavy atom. The van der Waals surface area contributed by atoms with Crippen LogP contribution in [-0.4, -0.2) is 63.1 Å². The molecule has 3 aromatic rings. The molecule has 2 amide bonds. The fourth-order valence-electron chi connectivity index (χ4n) is 4.64. The number of benzene rings is 1. The van der Waals surface area contributed by atoms with Crippen LogP contribution in [0.4, 0.5) is 0 Å². The molecule has 33 heavy (non-hydrogen) atoms. The van der Waals surface area contributed by atoms with Crippen molar-refractivity contribution in [3.8, 4) is 0 Å². The molecule has 2 aromatic heterocycles. The van der Waals surface area contributed by atoms with Crippen molar-refractivity contribution in [1.29, 1.82) is 0 Å². The van der Waals surface area contributed by atoms with Gasteiger partial charge in [-0.05, 0) is 37.1 Å². The molecule has 2 aliphatic rings. The van der Waals surface area contributed by atoms with Crippen LogP contribution in [0, 0.1) is 0 Å². The molecule has 1 saturated heterocycles. The topological polar surface area (TPSA) is 88.7 Å². The van der Waals surface area contributed by atoms with Gasteiger partial charge in [0.25, 0.3) is 11.5 Å². The number of carbonyl (C=O) groups excluding carboxylic acids is 2. The number of para-hydroxylation sites is 1. The van der Waals surface area contributed by atoms with Gasteiger partial charge >= 0.3 is 0 Å². The highest BCUT2D eigenvalue weighted by atomic mass is 32.2. The van der Waals surface area contributed by atoms with E-state index in [9.17, 15) is 14.4 Å². The first-order chi connectivity index (χ1) is 16.1. The van der Waals surface area contributed by atoms with Crippen molar-refractivity contribution in [3.05, 3.63) is 58.8 Å². The molecule has 2 fully saturated rings. The van der Waals surface area contributed by atoms with Crippen molar-refractivity contribution in [2.24, 2.45) is 0 Å². The van der Waals surface area contributed by atoms with Gasteiger partial charge in [0.2, 0.25) is 5.91 Å². The quantitative estimate of drug-likeness (QED) is 0.424. The Kier molecular flexibility index (Phi) is 6.22. The van der Waals surface area contributed by atoms with E-state index < -0.39 is 0 Å². The molecule has 5 rings (SSSR count). The predicted molar refractivity (Wildman–Crippen MR) is 125 cm³/mol. The summed E-state index contributed by atoms with van der Waals surface area (Å²) < 4.78 is 7.01. The van der Waals surface area contributed by atoms with E-state index in [1.54, 1.807) is 21.9 Å². The highest BCUT2D eigenvalue weighted by Gasteiger charge is 2.27. The minimum atomic E-state index is -0.151. The average molecular weight is 467 g/mol. The summed E-state index contributed by atoms with van der Waals surface area (Å²) in [6, 6.07) is 10.9. The van der Waals surface area contributed by atoms with Gasteiger partial charge < -0.3 is 14.2 Å². The first-order valence-corrected chi connectivity index (χ1v) is 12.3. The van der Waals surface area contributed by atoms with Crippen LogP contribution in [0.15, 0.2) is 57.0 Å². The number of hydrogen-bond acceptors (Lipinski definition) is 6. The van der Waals surface area contributed by atoms with Crippen molar-refractivity contribution in [2.75, 3.05) is 31.9 Å². The third-order valence-corrected chi connectivity index (χ3v) is 7.38. The number of piperazine rings is 1. The standard InChI is InChI=1S/C24H26N4O4S/c29-21(26-11-13-27(14-12-26)23(31)20-10-5-15-32-20)16-33-24-25-19-9-4-3-8-18(19)22(30)28(24)17-6-1-2-7-17/h3-5,8-10,15,17H,1-2,6-7,11-14,16H2. The number of rotatable bonds is 5. The van der Waals surface area contributed by atoms with Crippen molar-refractivity contribution < 1.29 is 14.0 Å². The van der Waals surface area contributed by atoms with Crippen LogP contribution in [0.1, 0.15) is 42.3 Å². The highest BCUT2D eigenvalue weighted by Crippen LogP contribution is 2.32. The Balaban J connectivity index is 1.27. The van der Waals surface area contributed by atoms with E-state index in [0.717, 1.165) is 25.7 Å². The van der Waals surface area contributed by atoms with Crippen molar-refractivity contribution in [2.45, 2.75) is 36.9 Å².